The molecule has 1 fully saturated rings. The Morgan fingerprint density at radius 3 is 2.04 bits per heavy atom. The van der Waals surface area contributed by atoms with Crippen molar-refractivity contribution in [1.29, 1.82) is 0 Å². The first-order chi connectivity index (χ1) is 12.0. The highest BCUT2D eigenvalue weighted by Crippen LogP contribution is 2.32. The average molecular weight is 347 g/mol. The van der Waals surface area contributed by atoms with Crippen LogP contribution in [0.3, 0.4) is 0 Å². The zero-order valence-corrected chi connectivity index (χ0v) is 13.3. The van der Waals surface area contributed by atoms with Gasteiger partial charge in [-0.3, -0.25) is 0 Å². The van der Waals surface area contributed by atoms with Crippen LogP contribution in [0.5, 0.6) is 0 Å². The Balaban J connectivity index is 1.66. The normalized spacial score (nSPS) is 15.0. The van der Waals surface area contributed by atoms with Crippen molar-refractivity contribution in [1.82, 2.24) is 0 Å². The Hall–Kier alpha value is -2.79. The summed E-state index contributed by atoms with van der Waals surface area (Å²) < 4.78 is 38.5. The van der Waals surface area contributed by atoms with Crippen molar-refractivity contribution in [2.45, 2.75) is 6.18 Å². The summed E-state index contributed by atoms with van der Waals surface area (Å²) >= 11 is 0. The fourth-order valence-corrected chi connectivity index (χ4v) is 2.89. The minimum atomic E-state index is -4.33. The van der Waals surface area contributed by atoms with E-state index >= 15 is 0 Å². The summed E-state index contributed by atoms with van der Waals surface area (Å²) in [7, 11) is 0. The van der Waals surface area contributed by atoms with Crippen LogP contribution in [0, 0.1) is 0 Å². The molecule has 3 rings (SSSR count). The standard InChI is InChI=1S/C18H16F3N3O/c19-18(20,21)14-2-1-3-17(12-14)24-10-8-23(9-11-24)16-6-4-15(5-7-16)22-13-25/h1-7,12H,8-11H2. The third kappa shape index (κ3) is 4.00. The van der Waals surface area contributed by atoms with Gasteiger partial charge in [0.05, 0.1) is 11.3 Å². The molecule has 0 saturated carbocycles. The molecule has 0 atom stereocenters. The molecular formula is C18H16F3N3O. The van der Waals surface area contributed by atoms with Gasteiger partial charge in [-0.2, -0.15) is 18.2 Å². The fraction of sp³-hybridized carbons (Fsp3) is 0.278. The molecule has 2 aromatic rings. The van der Waals surface area contributed by atoms with Gasteiger partial charge in [0.1, 0.15) is 0 Å². The maximum absolute atomic E-state index is 12.8. The van der Waals surface area contributed by atoms with Gasteiger partial charge in [0, 0.05) is 37.6 Å². The zero-order chi connectivity index (χ0) is 17.9. The lowest BCUT2D eigenvalue weighted by Crippen LogP contribution is -2.46. The number of alkyl halides is 3. The zero-order valence-electron chi connectivity index (χ0n) is 13.3. The van der Waals surface area contributed by atoms with Gasteiger partial charge in [-0.25, -0.2) is 4.79 Å². The van der Waals surface area contributed by atoms with Crippen molar-refractivity contribution in [2.24, 2.45) is 4.99 Å². The molecule has 1 heterocycles. The van der Waals surface area contributed by atoms with Crippen LogP contribution in [0.15, 0.2) is 53.5 Å². The van der Waals surface area contributed by atoms with Gasteiger partial charge in [0.15, 0.2) is 0 Å². The maximum atomic E-state index is 12.8. The van der Waals surface area contributed by atoms with Crippen LogP contribution in [0.2, 0.25) is 0 Å². The van der Waals surface area contributed by atoms with Crippen molar-refractivity contribution in [3.8, 4) is 0 Å². The topological polar surface area (TPSA) is 35.9 Å². The molecule has 1 saturated heterocycles. The first kappa shape index (κ1) is 17.0. The summed E-state index contributed by atoms with van der Waals surface area (Å²) in [5.74, 6) is 0. The van der Waals surface area contributed by atoms with Crippen molar-refractivity contribution < 1.29 is 18.0 Å². The van der Waals surface area contributed by atoms with Crippen molar-refractivity contribution in [2.75, 3.05) is 36.0 Å². The Kier molecular flexibility index (Phi) is 4.76. The molecule has 0 radical (unpaired) electrons. The maximum Gasteiger partial charge on any atom is 0.416 e. The SMILES string of the molecule is O=C=Nc1ccc(N2CCN(c3cccc(C(F)(F)F)c3)CC2)cc1. The highest BCUT2D eigenvalue weighted by atomic mass is 19.4. The lowest BCUT2D eigenvalue weighted by molar-refractivity contribution is -0.137. The lowest BCUT2D eigenvalue weighted by atomic mass is 10.1. The van der Waals surface area contributed by atoms with E-state index in [9.17, 15) is 18.0 Å². The summed E-state index contributed by atoms with van der Waals surface area (Å²) in [4.78, 5) is 17.9. The van der Waals surface area contributed by atoms with Gasteiger partial charge in [-0.05, 0) is 42.5 Å². The van der Waals surface area contributed by atoms with Crippen LogP contribution in [-0.2, 0) is 11.0 Å². The molecule has 0 bridgehead atoms. The molecule has 2 aromatic carbocycles. The van der Waals surface area contributed by atoms with Crippen molar-refractivity contribution >= 4 is 23.1 Å². The van der Waals surface area contributed by atoms with E-state index in [-0.39, 0.29) is 0 Å². The summed E-state index contributed by atoms with van der Waals surface area (Å²) in [6, 6.07) is 12.6. The van der Waals surface area contributed by atoms with E-state index < -0.39 is 11.7 Å². The number of aliphatic imine (C=N–C) groups is 1. The van der Waals surface area contributed by atoms with Gasteiger partial charge in [-0.15, -0.1) is 0 Å². The molecule has 0 unspecified atom stereocenters. The number of piperazine rings is 1. The van der Waals surface area contributed by atoms with E-state index in [2.05, 4.69) is 9.89 Å². The summed E-state index contributed by atoms with van der Waals surface area (Å²) in [5, 5.41) is 0. The molecule has 1 aliphatic rings. The Labute approximate surface area is 143 Å². The van der Waals surface area contributed by atoms with E-state index in [4.69, 9.17) is 0 Å². The van der Waals surface area contributed by atoms with Crippen LogP contribution >= 0.6 is 0 Å². The van der Waals surface area contributed by atoms with Crippen molar-refractivity contribution in [3.63, 3.8) is 0 Å². The number of hydrogen-bond donors (Lipinski definition) is 0. The second-order valence-corrected chi connectivity index (χ2v) is 5.74. The van der Waals surface area contributed by atoms with E-state index in [1.165, 1.54) is 18.2 Å². The van der Waals surface area contributed by atoms with E-state index in [0.29, 0.717) is 37.6 Å². The minimum absolute atomic E-state index is 0.543. The highest BCUT2D eigenvalue weighted by molar-refractivity contribution is 5.57. The van der Waals surface area contributed by atoms with Gasteiger partial charge in [-0.1, -0.05) is 6.07 Å². The number of benzene rings is 2. The van der Waals surface area contributed by atoms with E-state index in [1.807, 2.05) is 17.0 Å². The molecule has 4 nitrogen and oxygen atoms in total. The van der Waals surface area contributed by atoms with E-state index in [1.54, 1.807) is 18.2 Å². The third-order valence-electron chi connectivity index (χ3n) is 4.21. The number of nitrogens with zero attached hydrogens (tertiary/aromatic N) is 3. The molecule has 0 amide bonds. The Morgan fingerprint density at radius 1 is 0.880 bits per heavy atom. The second kappa shape index (κ2) is 6.99. The van der Waals surface area contributed by atoms with Gasteiger partial charge in [0.2, 0.25) is 6.08 Å². The number of rotatable bonds is 3. The quantitative estimate of drug-likeness (QED) is 0.622. The second-order valence-electron chi connectivity index (χ2n) is 5.74. The minimum Gasteiger partial charge on any atom is -0.368 e. The molecule has 25 heavy (non-hydrogen) atoms. The van der Waals surface area contributed by atoms with Crippen LogP contribution in [0.25, 0.3) is 0 Å². The van der Waals surface area contributed by atoms with Gasteiger partial charge >= 0.3 is 6.18 Å². The van der Waals surface area contributed by atoms with Crippen molar-refractivity contribution in [3.05, 3.63) is 54.1 Å². The summed E-state index contributed by atoms with van der Waals surface area (Å²) in [6.45, 7) is 2.67. The number of halogens is 3. The molecule has 0 aromatic heterocycles. The van der Waals surface area contributed by atoms with Gasteiger partial charge < -0.3 is 9.80 Å². The number of hydrogen-bond acceptors (Lipinski definition) is 4. The summed E-state index contributed by atoms with van der Waals surface area (Å²) in [6.07, 6.45) is -2.83. The highest BCUT2D eigenvalue weighted by Gasteiger charge is 2.31. The Bertz CT molecular complexity index is 775. The first-order valence-corrected chi connectivity index (χ1v) is 7.82. The summed E-state index contributed by atoms with van der Waals surface area (Å²) in [5.41, 5.74) is 1.50. The largest absolute Gasteiger partial charge is 0.416 e. The van der Waals surface area contributed by atoms with E-state index in [0.717, 1.165) is 11.8 Å². The molecule has 0 aliphatic carbocycles. The van der Waals surface area contributed by atoms with Crippen LogP contribution < -0.4 is 9.80 Å². The number of carbonyl (C=O) groups excluding carboxylic acids is 1. The predicted molar refractivity (Wildman–Crippen MR) is 90.1 cm³/mol. The molecule has 130 valence electrons. The molecule has 1 aliphatic heterocycles. The first-order valence-electron chi connectivity index (χ1n) is 7.82. The monoisotopic (exact) mass is 347 g/mol. The van der Waals surface area contributed by atoms with Crippen LogP contribution in [0.1, 0.15) is 5.56 Å². The Morgan fingerprint density at radius 2 is 1.48 bits per heavy atom. The number of isocyanates is 1. The van der Waals surface area contributed by atoms with Gasteiger partial charge in [0.25, 0.3) is 0 Å². The average Bonchev–Trinajstić information content (AvgIpc) is 2.62. The smallest absolute Gasteiger partial charge is 0.368 e. The predicted octanol–water partition coefficient (Wildman–Crippen LogP) is 4.00. The molecule has 0 spiro atoms. The lowest BCUT2D eigenvalue weighted by Gasteiger charge is -2.37. The van der Waals surface area contributed by atoms with Crippen LogP contribution in [0.4, 0.5) is 30.2 Å². The fourth-order valence-electron chi connectivity index (χ4n) is 2.89. The molecule has 7 heteroatoms. The van der Waals surface area contributed by atoms with Crippen LogP contribution in [-0.4, -0.2) is 32.3 Å². The molecule has 0 N–H and O–H groups in total. The molecular weight excluding hydrogens is 331 g/mol. The number of anilines is 2. The third-order valence-corrected chi connectivity index (χ3v) is 4.21.